The number of hydrogen-bond donors (Lipinski definition) is 1. The van der Waals surface area contributed by atoms with Crippen LogP contribution in [0.3, 0.4) is 0 Å². The number of rotatable bonds is 8. The summed E-state index contributed by atoms with van der Waals surface area (Å²) in [7, 11) is 0. The highest BCUT2D eigenvalue weighted by atomic mass is 17.0. The second-order valence-corrected chi connectivity index (χ2v) is 3.39. The van der Waals surface area contributed by atoms with Crippen LogP contribution in [0.25, 0.3) is 0 Å². The molecule has 0 radical (unpaired) electrons. The zero-order valence-corrected chi connectivity index (χ0v) is 9.98. The summed E-state index contributed by atoms with van der Waals surface area (Å²) in [6.07, 6.45) is 0.0132. The molecule has 8 heteroatoms. The normalized spacial score (nSPS) is 9.89. The topological polar surface area (TPSA) is 108 Å². The van der Waals surface area contributed by atoms with Crippen molar-refractivity contribution < 1.29 is 29.3 Å². The smallest absolute Gasteiger partial charge is 0.313 e. The summed E-state index contributed by atoms with van der Waals surface area (Å²) < 4.78 is 9.89. The molecule has 0 atom stereocenters. The second kappa shape index (κ2) is 7.88. The molecule has 1 aromatic rings. The van der Waals surface area contributed by atoms with Crippen LogP contribution in [0, 0.1) is 10.1 Å². The van der Waals surface area contributed by atoms with Crippen molar-refractivity contribution in [3.8, 4) is 11.5 Å². The average molecular weight is 271 g/mol. The first-order valence-corrected chi connectivity index (χ1v) is 5.42. The van der Waals surface area contributed by atoms with Crippen LogP contribution in [0.2, 0.25) is 0 Å². The van der Waals surface area contributed by atoms with Gasteiger partial charge in [-0.25, -0.2) is 0 Å². The summed E-state index contributed by atoms with van der Waals surface area (Å²) in [5, 5.41) is 17.9. The number of phenolic OH excluding ortho intramolecular Hbond substituents is 1. The lowest BCUT2D eigenvalue weighted by molar-refractivity contribution is -0.758. The summed E-state index contributed by atoms with van der Waals surface area (Å²) in [5.41, 5.74) is 0. The van der Waals surface area contributed by atoms with Gasteiger partial charge in [-0.15, -0.1) is 10.1 Å². The van der Waals surface area contributed by atoms with Gasteiger partial charge in [0.05, 0.1) is 19.6 Å². The van der Waals surface area contributed by atoms with Gasteiger partial charge in [0.1, 0.15) is 18.1 Å². The molecule has 0 aliphatic rings. The third-order valence-corrected chi connectivity index (χ3v) is 1.94. The van der Waals surface area contributed by atoms with Crippen molar-refractivity contribution in [3.05, 3.63) is 34.4 Å². The number of benzene rings is 1. The van der Waals surface area contributed by atoms with Crippen molar-refractivity contribution in [3.63, 3.8) is 0 Å². The van der Waals surface area contributed by atoms with Crippen molar-refractivity contribution in [2.24, 2.45) is 0 Å². The van der Waals surface area contributed by atoms with Gasteiger partial charge in [-0.2, -0.15) is 0 Å². The molecule has 1 N–H and O–H groups in total. The van der Waals surface area contributed by atoms with Crippen LogP contribution in [-0.4, -0.2) is 36.0 Å². The van der Waals surface area contributed by atoms with E-state index in [1.807, 2.05) is 0 Å². The monoisotopic (exact) mass is 271 g/mol. The zero-order chi connectivity index (χ0) is 14.1. The molecular weight excluding hydrogens is 258 g/mol. The van der Waals surface area contributed by atoms with Crippen LogP contribution in [0.1, 0.15) is 6.42 Å². The molecule has 0 unspecified atom stereocenters. The van der Waals surface area contributed by atoms with E-state index in [9.17, 15) is 14.9 Å². The number of carbonyl (C=O) groups excluding carboxylic acids is 1. The first-order chi connectivity index (χ1) is 9.08. The molecular formula is C11H13NO7. The highest BCUT2D eigenvalue weighted by Gasteiger charge is 2.05. The first kappa shape index (κ1) is 14.7. The van der Waals surface area contributed by atoms with Crippen molar-refractivity contribution in [1.82, 2.24) is 0 Å². The average Bonchev–Trinajstić information content (AvgIpc) is 2.36. The summed E-state index contributed by atoms with van der Waals surface area (Å²) >= 11 is 0. The van der Waals surface area contributed by atoms with Crippen molar-refractivity contribution >= 4 is 5.97 Å². The fraction of sp³-hybridized carbons (Fsp3) is 0.364. The zero-order valence-electron chi connectivity index (χ0n) is 9.98. The molecule has 104 valence electrons. The minimum Gasteiger partial charge on any atom is -0.508 e. The lowest BCUT2D eigenvalue weighted by atomic mass is 10.3. The number of carbonyl (C=O) groups is 1. The second-order valence-electron chi connectivity index (χ2n) is 3.39. The van der Waals surface area contributed by atoms with E-state index in [0.717, 1.165) is 0 Å². The standard InChI is InChI=1S/C11H13NO7/c13-9-1-3-10(4-2-9)19-11(14)5-6-17-7-8-18-12(15)16/h1-4,13H,5-8H2. The Hall–Kier alpha value is -2.35. The predicted molar refractivity (Wildman–Crippen MR) is 62.1 cm³/mol. The van der Waals surface area contributed by atoms with Crippen LogP contribution in [-0.2, 0) is 14.4 Å². The van der Waals surface area contributed by atoms with E-state index in [1.54, 1.807) is 0 Å². The Morgan fingerprint density at radius 1 is 1.21 bits per heavy atom. The molecule has 0 heterocycles. The first-order valence-electron chi connectivity index (χ1n) is 5.42. The van der Waals surface area contributed by atoms with Gasteiger partial charge in [-0.3, -0.25) is 4.79 Å². The van der Waals surface area contributed by atoms with Gasteiger partial charge in [0.15, 0.2) is 0 Å². The van der Waals surface area contributed by atoms with Crippen molar-refractivity contribution in [2.75, 3.05) is 19.8 Å². The van der Waals surface area contributed by atoms with Crippen LogP contribution in [0.15, 0.2) is 24.3 Å². The number of nitrogens with zero attached hydrogens (tertiary/aromatic N) is 1. The Morgan fingerprint density at radius 2 is 1.89 bits per heavy atom. The maximum Gasteiger partial charge on any atom is 0.313 e. The highest BCUT2D eigenvalue weighted by Crippen LogP contribution is 2.16. The van der Waals surface area contributed by atoms with Crippen molar-refractivity contribution in [2.45, 2.75) is 6.42 Å². The van der Waals surface area contributed by atoms with Gasteiger partial charge in [-0.1, -0.05) is 0 Å². The molecule has 0 amide bonds. The minimum atomic E-state index is -0.914. The van der Waals surface area contributed by atoms with Crippen LogP contribution in [0.4, 0.5) is 0 Å². The van der Waals surface area contributed by atoms with E-state index in [-0.39, 0.29) is 32.0 Å². The minimum absolute atomic E-state index is 0.0132. The Bertz CT molecular complexity index is 418. The van der Waals surface area contributed by atoms with Crippen LogP contribution >= 0.6 is 0 Å². The van der Waals surface area contributed by atoms with E-state index in [0.29, 0.717) is 5.75 Å². The summed E-state index contributed by atoms with van der Waals surface area (Å²) in [6, 6.07) is 5.71. The van der Waals surface area contributed by atoms with Gasteiger partial charge >= 0.3 is 5.97 Å². The Kier molecular flexibility index (Phi) is 6.10. The van der Waals surface area contributed by atoms with Gasteiger partial charge < -0.3 is 19.4 Å². The Labute approximate surface area is 108 Å². The van der Waals surface area contributed by atoms with Gasteiger partial charge in [0.2, 0.25) is 0 Å². The molecule has 0 saturated heterocycles. The molecule has 0 spiro atoms. The molecule has 0 aliphatic carbocycles. The fourth-order valence-electron chi connectivity index (χ4n) is 1.12. The fourth-order valence-corrected chi connectivity index (χ4v) is 1.12. The summed E-state index contributed by atoms with van der Waals surface area (Å²) in [5.74, 6) is -0.103. The quantitative estimate of drug-likeness (QED) is 0.246. The van der Waals surface area contributed by atoms with E-state index >= 15 is 0 Å². The molecule has 19 heavy (non-hydrogen) atoms. The molecule has 0 saturated carbocycles. The van der Waals surface area contributed by atoms with Crippen LogP contribution in [0.5, 0.6) is 11.5 Å². The SMILES string of the molecule is O=C(CCOCCO[N+](=O)[O-])Oc1ccc(O)cc1. The largest absolute Gasteiger partial charge is 0.508 e. The molecule has 1 rings (SSSR count). The van der Waals surface area contributed by atoms with Crippen LogP contribution < -0.4 is 4.74 Å². The van der Waals surface area contributed by atoms with Gasteiger partial charge in [0, 0.05) is 0 Å². The van der Waals surface area contributed by atoms with E-state index in [2.05, 4.69) is 4.84 Å². The number of aromatic hydroxyl groups is 1. The third kappa shape index (κ3) is 6.84. The van der Waals surface area contributed by atoms with Crippen molar-refractivity contribution in [1.29, 1.82) is 0 Å². The molecule has 0 aromatic heterocycles. The van der Waals surface area contributed by atoms with E-state index < -0.39 is 11.1 Å². The predicted octanol–water partition coefficient (Wildman–Crippen LogP) is 0.913. The molecule has 0 fully saturated rings. The Morgan fingerprint density at radius 3 is 2.53 bits per heavy atom. The maximum absolute atomic E-state index is 11.3. The highest BCUT2D eigenvalue weighted by molar-refractivity contribution is 5.72. The van der Waals surface area contributed by atoms with E-state index in [1.165, 1.54) is 24.3 Å². The number of hydrogen-bond acceptors (Lipinski definition) is 7. The molecule has 8 nitrogen and oxygen atoms in total. The van der Waals surface area contributed by atoms with E-state index in [4.69, 9.17) is 14.6 Å². The Balaban J connectivity index is 2.11. The lowest BCUT2D eigenvalue weighted by Gasteiger charge is -2.05. The number of esters is 1. The van der Waals surface area contributed by atoms with Gasteiger partial charge in [0.25, 0.3) is 5.09 Å². The molecule has 0 bridgehead atoms. The lowest BCUT2D eigenvalue weighted by Crippen LogP contribution is -2.14. The maximum atomic E-state index is 11.3. The number of phenols is 1. The molecule has 1 aromatic carbocycles. The summed E-state index contributed by atoms with van der Waals surface area (Å²) in [4.78, 5) is 25.2. The summed E-state index contributed by atoms with van der Waals surface area (Å²) in [6.45, 7) is -0.0779. The molecule has 0 aliphatic heterocycles. The third-order valence-electron chi connectivity index (χ3n) is 1.94. The number of ether oxygens (including phenoxy) is 2. The van der Waals surface area contributed by atoms with Gasteiger partial charge in [-0.05, 0) is 24.3 Å².